The molecule has 0 atom stereocenters. The van der Waals surface area contributed by atoms with Gasteiger partial charge in [0.2, 0.25) is 17.7 Å². The lowest BCUT2D eigenvalue weighted by Gasteiger charge is -2.15. The molecular weight excluding hydrogens is 408 g/mol. The van der Waals surface area contributed by atoms with Gasteiger partial charge in [0.05, 0.1) is 31.4 Å². The van der Waals surface area contributed by atoms with Gasteiger partial charge in [-0.1, -0.05) is 17.0 Å². The van der Waals surface area contributed by atoms with Crippen molar-refractivity contribution in [2.24, 2.45) is 0 Å². The van der Waals surface area contributed by atoms with Crippen LogP contribution in [-0.2, 0) is 10.2 Å². The Bertz CT molecular complexity index is 1050. The normalized spacial score (nSPS) is 13.1. The van der Waals surface area contributed by atoms with Gasteiger partial charge in [0, 0.05) is 0 Å². The van der Waals surface area contributed by atoms with E-state index in [2.05, 4.69) is 15.3 Å². The summed E-state index contributed by atoms with van der Waals surface area (Å²) in [4.78, 5) is 45.7. The van der Waals surface area contributed by atoms with E-state index in [1.165, 1.54) is 44.6 Å². The van der Waals surface area contributed by atoms with Crippen molar-refractivity contribution >= 4 is 34.0 Å². The molecule has 3 rings (SSSR count). The van der Waals surface area contributed by atoms with Gasteiger partial charge in [-0.25, -0.2) is 9.52 Å². The lowest BCUT2D eigenvalue weighted by atomic mass is 10.1. The molecule has 0 saturated heterocycles. The molecule has 2 aromatic rings. The van der Waals surface area contributed by atoms with E-state index in [9.17, 15) is 22.8 Å². The maximum absolute atomic E-state index is 12.2. The number of fused-ring (bicyclic) bond motifs is 1. The third-order valence-corrected chi connectivity index (χ3v) is 4.43. The first-order valence-corrected chi connectivity index (χ1v) is 9.28. The van der Waals surface area contributed by atoms with Crippen LogP contribution in [0.2, 0.25) is 0 Å². The minimum Gasteiger partial charge on any atom is -0.481 e. The van der Waals surface area contributed by atoms with Crippen LogP contribution in [0.4, 0.5) is 10.7 Å². The summed E-state index contributed by atoms with van der Waals surface area (Å²) in [5, 5.41) is 2.36. The molecule has 0 radical (unpaired) electrons. The third-order valence-electron chi connectivity index (χ3n) is 3.56. The summed E-state index contributed by atoms with van der Waals surface area (Å²) in [6.07, 6.45) is 0. The van der Waals surface area contributed by atoms with Gasteiger partial charge in [0.15, 0.2) is 0 Å². The van der Waals surface area contributed by atoms with Gasteiger partial charge < -0.3 is 9.47 Å². The van der Waals surface area contributed by atoms with Crippen LogP contribution in [0.15, 0.2) is 30.3 Å². The molecule has 0 spiro atoms. The first kappa shape index (κ1) is 20.0. The Morgan fingerprint density at radius 1 is 1.00 bits per heavy atom. The molecule has 1 aliphatic heterocycles. The van der Waals surface area contributed by atoms with E-state index in [0.29, 0.717) is 0 Å². The fraction of sp³-hybridized carbons (Fsp3) is 0.133. The monoisotopic (exact) mass is 422 g/mol. The number of benzene rings is 1. The summed E-state index contributed by atoms with van der Waals surface area (Å²) in [7, 11) is -2.00. The number of aromatic nitrogens is 2. The molecule has 0 saturated carbocycles. The number of methoxy groups -OCH3 is 2. The predicted octanol–water partition coefficient (Wildman–Crippen LogP) is -0.339. The molecule has 2 heterocycles. The van der Waals surface area contributed by atoms with E-state index in [1.54, 1.807) is 9.55 Å². The van der Waals surface area contributed by atoms with Gasteiger partial charge in [-0.2, -0.15) is 23.4 Å². The summed E-state index contributed by atoms with van der Waals surface area (Å²) < 4.78 is 35.7. The number of hydrogen-bond donors (Lipinski definition) is 3. The first-order valence-electron chi connectivity index (χ1n) is 7.80. The largest absolute Gasteiger partial charge is 0.481 e. The van der Waals surface area contributed by atoms with Crippen LogP contribution >= 0.6 is 0 Å². The second kappa shape index (κ2) is 7.69. The van der Waals surface area contributed by atoms with Crippen molar-refractivity contribution in [3.63, 3.8) is 0 Å². The molecule has 1 aliphatic rings. The number of ether oxygens (including phenoxy) is 2. The second-order valence-corrected chi connectivity index (χ2v) is 6.81. The van der Waals surface area contributed by atoms with Crippen LogP contribution in [0.25, 0.3) is 0 Å². The van der Waals surface area contributed by atoms with Gasteiger partial charge in [-0.05, 0) is 12.1 Å². The van der Waals surface area contributed by atoms with Crippen LogP contribution in [0.5, 0.6) is 11.8 Å². The minimum absolute atomic E-state index is 0.0292. The Kier molecular flexibility index (Phi) is 5.29. The number of imide groups is 1. The molecule has 0 fully saturated rings. The Labute approximate surface area is 164 Å². The molecule has 4 amide bonds. The van der Waals surface area contributed by atoms with Crippen LogP contribution in [0.1, 0.15) is 20.7 Å². The molecule has 1 aromatic heterocycles. The number of carbonyl (C=O) groups excluding carboxylic acids is 3. The highest BCUT2D eigenvalue weighted by Crippen LogP contribution is 2.21. The molecular formula is C15H14N6O7S. The number of amides is 4. The maximum atomic E-state index is 12.2. The second-order valence-electron chi connectivity index (χ2n) is 5.42. The smallest absolute Gasteiger partial charge is 0.336 e. The fourth-order valence-corrected chi connectivity index (χ4v) is 3.08. The zero-order valence-corrected chi connectivity index (χ0v) is 15.8. The van der Waals surface area contributed by atoms with E-state index in [1.807, 2.05) is 0 Å². The SMILES string of the molecule is COc1cc(OC)nc(NC(=O)NS(=O)(=O)NN2C(=O)c3ccccc3C2=O)n1. The molecule has 1 aromatic carbocycles. The van der Waals surface area contributed by atoms with Crippen LogP contribution < -0.4 is 24.3 Å². The molecule has 0 unspecified atom stereocenters. The molecule has 13 nitrogen and oxygen atoms in total. The number of rotatable bonds is 6. The standard InChI is InChI=1S/C15H14N6O7S/c1-27-10-7-11(28-2)17-14(16-10)18-15(24)19-29(25,26)20-21-12(22)8-5-3-4-6-9(8)13(21)23/h3-7,20H,1-2H3,(H2,16,17,18,19,24). The van der Waals surface area contributed by atoms with Crippen LogP contribution in [0, 0.1) is 0 Å². The van der Waals surface area contributed by atoms with E-state index in [4.69, 9.17) is 9.47 Å². The predicted molar refractivity (Wildman–Crippen MR) is 96.3 cm³/mol. The number of nitrogens with one attached hydrogen (secondary N) is 3. The average molecular weight is 422 g/mol. The Balaban J connectivity index is 1.70. The number of nitrogens with zero attached hydrogens (tertiary/aromatic N) is 3. The average Bonchev–Trinajstić information content (AvgIpc) is 2.91. The van der Waals surface area contributed by atoms with Gasteiger partial charge in [0.1, 0.15) is 0 Å². The van der Waals surface area contributed by atoms with Crippen molar-refractivity contribution in [2.45, 2.75) is 0 Å². The van der Waals surface area contributed by atoms with Crippen molar-refractivity contribution in [3.8, 4) is 11.8 Å². The third kappa shape index (κ3) is 4.22. The number of hydrazine groups is 1. The van der Waals surface area contributed by atoms with Crippen molar-refractivity contribution in [1.29, 1.82) is 0 Å². The fourth-order valence-electron chi connectivity index (χ4n) is 2.33. The minimum atomic E-state index is -4.65. The van der Waals surface area contributed by atoms with Crippen molar-refractivity contribution in [1.82, 2.24) is 24.5 Å². The van der Waals surface area contributed by atoms with Crippen LogP contribution in [-0.4, -0.2) is 55.5 Å². The zero-order valence-electron chi connectivity index (χ0n) is 15.0. The van der Waals surface area contributed by atoms with Crippen molar-refractivity contribution < 1.29 is 32.3 Å². The van der Waals surface area contributed by atoms with E-state index < -0.39 is 28.1 Å². The molecule has 3 N–H and O–H groups in total. The molecule has 29 heavy (non-hydrogen) atoms. The van der Waals surface area contributed by atoms with Gasteiger partial charge in [-0.3, -0.25) is 14.9 Å². The molecule has 14 heteroatoms. The highest BCUT2D eigenvalue weighted by molar-refractivity contribution is 7.88. The maximum Gasteiger partial charge on any atom is 0.336 e. The lowest BCUT2D eigenvalue weighted by Crippen LogP contribution is -2.52. The summed E-state index contributed by atoms with van der Waals surface area (Å²) in [6, 6.07) is 5.87. The van der Waals surface area contributed by atoms with Gasteiger partial charge >= 0.3 is 16.2 Å². The number of urea groups is 1. The van der Waals surface area contributed by atoms with E-state index in [-0.39, 0.29) is 33.8 Å². The van der Waals surface area contributed by atoms with Crippen LogP contribution in [0.3, 0.4) is 0 Å². The number of carbonyl (C=O) groups is 3. The van der Waals surface area contributed by atoms with E-state index >= 15 is 0 Å². The van der Waals surface area contributed by atoms with Gasteiger partial charge in [0.25, 0.3) is 11.8 Å². The van der Waals surface area contributed by atoms with Crippen molar-refractivity contribution in [2.75, 3.05) is 19.5 Å². The highest BCUT2D eigenvalue weighted by atomic mass is 32.2. The summed E-state index contributed by atoms with van der Waals surface area (Å²) in [6.45, 7) is 0. The Hall–Kier alpha value is -3.78. The molecule has 0 aliphatic carbocycles. The first-order chi connectivity index (χ1) is 13.7. The topological polar surface area (TPSA) is 169 Å². The number of anilines is 1. The lowest BCUT2D eigenvalue weighted by molar-refractivity contribution is 0.0617. The molecule has 0 bridgehead atoms. The molecule has 152 valence electrons. The van der Waals surface area contributed by atoms with E-state index in [0.717, 1.165) is 0 Å². The Morgan fingerprint density at radius 2 is 1.52 bits per heavy atom. The zero-order chi connectivity index (χ0) is 21.2. The highest BCUT2D eigenvalue weighted by Gasteiger charge is 2.38. The quantitative estimate of drug-likeness (QED) is 0.527. The summed E-state index contributed by atoms with van der Waals surface area (Å²) in [5.74, 6) is -1.96. The summed E-state index contributed by atoms with van der Waals surface area (Å²) in [5.41, 5.74) is 0.0584. The van der Waals surface area contributed by atoms with Crippen molar-refractivity contribution in [3.05, 3.63) is 41.5 Å². The number of hydrogen-bond acceptors (Lipinski definition) is 9. The Morgan fingerprint density at radius 3 is 2.00 bits per heavy atom. The summed E-state index contributed by atoms with van der Waals surface area (Å²) >= 11 is 0. The van der Waals surface area contributed by atoms with Gasteiger partial charge in [-0.15, -0.1) is 0 Å².